The van der Waals surface area contributed by atoms with Gasteiger partial charge in [0.1, 0.15) is 6.07 Å². The van der Waals surface area contributed by atoms with E-state index in [1.54, 1.807) is 6.07 Å². The van der Waals surface area contributed by atoms with Crippen molar-refractivity contribution in [2.75, 3.05) is 31.2 Å². The summed E-state index contributed by atoms with van der Waals surface area (Å²) >= 11 is 3.35. The molecule has 90 valence electrons. The van der Waals surface area contributed by atoms with Gasteiger partial charge in [-0.15, -0.1) is 0 Å². The van der Waals surface area contributed by atoms with Crippen molar-refractivity contribution < 1.29 is 9.84 Å². The summed E-state index contributed by atoms with van der Waals surface area (Å²) in [5.41, 5.74) is 1.54. The van der Waals surface area contributed by atoms with Gasteiger partial charge < -0.3 is 14.7 Å². The molecule has 0 bridgehead atoms. The first-order valence-corrected chi connectivity index (χ1v) is 6.21. The second-order valence-corrected chi connectivity index (χ2v) is 4.81. The second-order valence-electron chi connectivity index (χ2n) is 3.89. The van der Waals surface area contributed by atoms with E-state index in [0.29, 0.717) is 18.7 Å². The topological polar surface area (TPSA) is 56.5 Å². The van der Waals surface area contributed by atoms with E-state index in [0.717, 1.165) is 16.7 Å². The third-order valence-corrected chi connectivity index (χ3v) is 3.26. The lowest BCUT2D eigenvalue weighted by Gasteiger charge is -2.34. The third kappa shape index (κ3) is 2.78. The largest absolute Gasteiger partial charge is 0.394 e. The van der Waals surface area contributed by atoms with E-state index in [2.05, 4.69) is 26.9 Å². The summed E-state index contributed by atoms with van der Waals surface area (Å²) < 4.78 is 6.29. The van der Waals surface area contributed by atoms with Crippen LogP contribution in [0.15, 0.2) is 22.7 Å². The Morgan fingerprint density at radius 3 is 3.12 bits per heavy atom. The molecule has 5 heteroatoms. The van der Waals surface area contributed by atoms with Crippen LogP contribution in [0.4, 0.5) is 5.69 Å². The van der Waals surface area contributed by atoms with Crippen LogP contribution < -0.4 is 4.90 Å². The van der Waals surface area contributed by atoms with E-state index in [1.807, 2.05) is 12.1 Å². The molecule has 2 rings (SSSR count). The molecule has 0 spiro atoms. The van der Waals surface area contributed by atoms with Crippen molar-refractivity contribution in [2.24, 2.45) is 0 Å². The zero-order valence-corrected chi connectivity index (χ0v) is 10.9. The van der Waals surface area contributed by atoms with Gasteiger partial charge in [-0.25, -0.2) is 0 Å². The number of ether oxygens (including phenoxy) is 1. The fraction of sp³-hybridized carbons (Fsp3) is 0.417. The Bertz CT molecular complexity index is 445. The molecule has 0 aromatic heterocycles. The number of hydrogen-bond acceptors (Lipinski definition) is 4. The molecule has 1 N–H and O–H groups in total. The minimum absolute atomic E-state index is 0.00884. The van der Waals surface area contributed by atoms with Crippen molar-refractivity contribution in [3.8, 4) is 6.07 Å². The Labute approximate surface area is 109 Å². The molecule has 1 saturated heterocycles. The van der Waals surface area contributed by atoms with Crippen molar-refractivity contribution in [1.82, 2.24) is 0 Å². The molecule has 1 aliphatic rings. The van der Waals surface area contributed by atoms with Gasteiger partial charge in [0.2, 0.25) is 0 Å². The maximum Gasteiger partial charge on any atom is 0.101 e. The minimum Gasteiger partial charge on any atom is -0.394 e. The van der Waals surface area contributed by atoms with Crippen LogP contribution in [0.5, 0.6) is 0 Å². The highest BCUT2D eigenvalue weighted by Crippen LogP contribution is 2.25. The maximum atomic E-state index is 9.12. The molecule has 4 nitrogen and oxygen atoms in total. The van der Waals surface area contributed by atoms with E-state index in [4.69, 9.17) is 15.1 Å². The highest BCUT2D eigenvalue weighted by molar-refractivity contribution is 9.10. The molecule has 1 aromatic carbocycles. The summed E-state index contributed by atoms with van der Waals surface area (Å²) in [7, 11) is 0. The molecule has 0 unspecified atom stereocenters. The van der Waals surface area contributed by atoms with Gasteiger partial charge in [-0.1, -0.05) is 15.9 Å². The average molecular weight is 297 g/mol. The van der Waals surface area contributed by atoms with Gasteiger partial charge in [0.15, 0.2) is 0 Å². The van der Waals surface area contributed by atoms with E-state index < -0.39 is 0 Å². The van der Waals surface area contributed by atoms with Crippen molar-refractivity contribution in [2.45, 2.75) is 6.10 Å². The van der Waals surface area contributed by atoms with Gasteiger partial charge in [-0.05, 0) is 18.2 Å². The van der Waals surface area contributed by atoms with Crippen molar-refractivity contribution in [3.05, 3.63) is 28.2 Å². The number of rotatable bonds is 2. The third-order valence-electron chi connectivity index (χ3n) is 2.76. The fourth-order valence-corrected chi connectivity index (χ4v) is 2.28. The molecular weight excluding hydrogens is 284 g/mol. The fourth-order valence-electron chi connectivity index (χ4n) is 1.92. The average Bonchev–Trinajstić information content (AvgIpc) is 2.38. The van der Waals surface area contributed by atoms with E-state index in [9.17, 15) is 0 Å². The summed E-state index contributed by atoms with van der Waals surface area (Å²) in [5, 5.41) is 18.2. The molecule has 0 aliphatic carbocycles. The molecule has 1 fully saturated rings. The van der Waals surface area contributed by atoms with Gasteiger partial charge >= 0.3 is 0 Å². The van der Waals surface area contributed by atoms with Gasteiger partial charge in [0.05, 0.1) is 30.6 Å². The van der Waals surface area contributed by atoms with Crippen LogP contribution in [0.25, 0.3) is 0 Å². The van der Waals surface area contributed by atoms with E-state index in [-0.39, 0.29) is 12.7 Å². The first kappa shape index (κ1) is 12.4. The van der Waals surface area contributed by atoms with Crippen LogP contribution in [0.2, 0.25) is 0 Å². The Morgan fingerprint density at radius 2 is 2.41 bits per heavy atom. The molecule has 17 heavy (non-hydrogen) atoms. The lowest BCUT2D eigenvalue weighted by molar-refractivity contribution is 0.00355. The van der Waals surface area contributed by atoms with E-state index in [1.165, 1.54) is 0 Å². The zero-order chi connectivity index (χ0) is 12.3. The van der Waals surface area contributed by atoms with Crippen LogP contribution in [0, 0.1) is 11.3 Å². The molecule has 1 aliphatic heterocycles. The molecule has 1 atom stereocenters. The Kier molecular flexibility index (Phi) is 4.00. The first-order valence-electron chi connectivity index (χ1n) is 5.41. The maximum absolute atomic E-state index is 9.12. The summed E-state index contributed by atoms with van der Waals surface area (Å²) in [6.07, 6.45) is -0.168. The number of morpholine rings is 1. The number of halogens is 1. The standard InChI is InChI=1S/C12H13BrN2O2/c13-10-1-2-12(9(5-10)6-14)15-3-4-17-11(7-15)8-16/h1-2,5,11,16H,3-4,7-8H2/t11-/m1/s1. The van der Waals surface area contributed by atoms with Gasteiger partial charge in [-0.2, -0.15) is 5.26 Å². The van der Waals surface area contributed by atoms with Crippen LogP contribution in [0.1, 0.15) is 5.56 Å². The second kappa shape index (κ2) is 5.50. The van der Waals surface area contributed by atoms with Crippen LogP contribution in [-0.4, -0.2) is 37.5 Å². The molecular formula is C12H13BrN2O2. The summed E-state index contributed by atoms with van der Waals surface area (Å²) in [5.74, 6) is 0. The van der Waals surface area contributed by atoms with Crippen LogP contribution in [0.3, 0.4) is 0 Å². The smallest absolute Gasteiger partial charge is 0.101 e. The molecule has 0 amide bonds. The first-order chi connectivity index (χ1) is 8.24. The van der Waals surface area contributed by atoms with E-state index >= 15 is 0 Å². The van der Waals surface area contributed by atoms with Gasteiger partial charge in [0, 0.05) is 17.6 Å². The molecule has 1 heterocycles. The zero-order valence-electron chi connectivity index (χ0n) is 9.27. The van der Waals surface area contributed by atoms with Crippen molar-refractivity contribution in [3.63, 3.8) is 0 Å². The quantitative estimate of drug-likeness (QED) is 0.899. The number of aliphatic hydroxyl groups is 1. The summed E-state index contributed by atoms with van der Waals surface area (Å²) in [6, 6.07) is 7.83. The predicted octanol–water partition coefficient (Wildman–Crippen LogP) is 1.52. The van der Waals surface area contributed by atoms with Gasteiger partial charge in [0.25, 0.3) is 0 Å². The number of nitrogens with zero attached hydrogens (tertiary/aromatic N) is 2. The monoisotopic (exact) mass is 296 g/mol. The highest BCUT2D eigenvalue weighted by atomic mass is 79.9. The predicted molar refractivity (Wildman–Crippen MR) is 67.9 cm³/mol. The lowest BCUT2D eigenvalue weighted by Crippen LogP contribution is -2.44. The number of hydrogen-bond donors (Lipinski definition) is 1. The minimum atomic E-state index is -0.168. The highest BCUT2D eigenvalue weighted by Gasteiger charge is 2.21. The number of aliphatic hydroxyl groups excluding tert-OH is 1. The van der Waals surface area contributed by atoms with Crippen LogP contribution in [-0.2, 0) is 4.74 Å². The molecule has 1 aromatic rings. The normalized spacial score (nSPS) is 20.1. The Balaban J connectivity index is 2.24. The number of anilines is 1. The van der Waals surface area contributed by atoms with Gasteiger partial charge in [-0.3, -0.25) is 0 Å². The molecule has 0 saturated carbocycles. The summed E-state index contributed by atoms with van der Waals surface area (Å²) in [4.78, 5) is 2.08. The number of benzene rings is 1. The van der Waals surface area contributed by atoms with Crippen LogP contribution >= 0.6 is 15.9 Å². The SMILES string of the molecule is N#Cc1cc(Br)ccc1N1CCO[C@@H](CO)C1. The van der Waals surface area contributed by atoms with Crippen molar-refractivity contribution >= 4 is 21.6 Å². The Morgan fingerprint density at radius 1 is 1.59 bits per heavy atom. The lowest BCUT2D eigenvalue weighted by atomic mass is 10.1. The molecule has 0 radical (unpaired) electrons. The Hall–Kier alpha value is -1.09. The van der Waals surface area contributed by atoms with Crippen molar-refractivity contribution in [1.29, 1.82) is 5.26 Å². The summed E-state index contributed by atoms with van der Waals surface area (Å²) in [6.45, 7) is 1.95. The number of nitriles is 1.